The van der Waals surface area contributed by atoms with E-state index >= 15 is 0 Å². The summed E-state index contributed by atoms with van der Waals surface area (Å²) in [5, 5.41) is 4.45. The molecule has 5 nitrogen and oxygen atoms in total. The van der Waals surface area contributed by atoms with E-state index in [1.54, 1.807) is 38.3 Å². The normalized spacial score (nSPS) is 10.5. The lowest BCUT2D eigenvalue weighted by Crippen LogP contribution is -2.05. The Balaban J connectivity index is 1.67. The van der Waals surface area contributed by atoms with Gasteiger partial charge in [0.15, 0.2) is 11.5 Å². The number of hydrogen-bond donors (Lipinski definition) is 1. The fraction of sp³-hybridized carbons (Fsp3) is 0.208. The van der Waals surface area contributed by atoms with Crippen molar-refractivity contribution in [1.29, 1.82) is 0 Å². The number of carbonyl (C=O) groups is 1. The molecule has 0 unspecified atom stereocenters. The first-order chi connectivity index (χ1) is 15.4. The molecule has 3 aromatic rings. The average molecular weight is 539 g/mol. The molecule has 0 aliphatic heterocycles. The fourth-order valence-corrected chi connectivity index (χ4v) is 3.84. The Kier molecular flexibility index (Phi) is 8.67. The van der Waals surface area contributed by atoms with E-state index in [0.29, 0.717) is 40.3 Å². The molecule has 1 N–H and O–H groups in total. The van der Waals surface area contributed by atoms with E-state index in [9.17, 15) is 4.79 Å². The predicted octanol–water partition coefficient (Wildman–Crippen LogP) is 7.13. The molecule has 0 heterocycles. The van der Waals surface area contributed by atoms with Crippen LogP contribution in [-0.2, 0) is 17.9 Å². The van der Waals surface area contributed by atoms with E-state index in [4.69, 9.17) is 37.4 Å². The second-order valence-electron chi connectivity index (χ2n) is 6.77. The molecule has 3 rings (SSSR count). The number of benzene rings is 3. The second-order valence-corrected chi connectivity index (χ2v) is 8.47. The maximum atomic E-state index is 11.8. The van der Waals surface area contributed by atoms with Gasteiger partial charge in [-0.1, -0.05) is 45.2 Å². The molecule has 0 radical (unpaired) electrons. The lowest BCUT2D eigenvalue weighted by Gasteiger charge is -2.15. The van der Waals surface area contributed by atoms with Crippen LogP contribution in [0.2, 0.25) is 10.0 Å². The molecule has 8 heteroatoms. The molecule has 0 aliphatic carbocycles. The van der Waals surface area contributed by atoms with Gasteiger partial charge in [0.05, 0.1) is 19.3 Å². The maximum Gasteiger partial charge on any atom is 0.338 e. The molecule has 0 fully saturated rings. The Morgan fingerprint density at radius 1 is 1.00 bits per heavy atom. The van der Waals surface area contributed by atoms with E-state index in [0.717, 1.165) is 21.3 Å². The first-order valence-corrected chi connectivity index (χ1v) is 11.4. The van der Waals surface area contributed by atoms with E-state index in [1.807, 2.05) is 30.3 Å². The SMILES string of the molecule is CCOC(=O)c1ccc(NCc2cc(OC)c(OCc3ccc(Cl)cc3Cl)cc2Br)cc1. The first-order valence-electron chi connectivity index (χ1n) is 9.85. The van der Waals surface area contributed by atoms with E-state index in [-0.39, 0.29) is 12.6 Å². The Labute approximate surface area is 205 Å². The average Bonchev–Trinajstić information content (AvgIpc) is 2.78. The summed E-state index contributed by atoms with van der Waals surface area (Å²) in [7, 11) is 1.59. The highest BCUT2D eigenvalue weighted by Crippen LogP contribution is 2.35. The molecule has 0 amide bonds. The van der Waals surface area contributed by atoms with Gasteiger partial charge in [0.1, 0.15) is 6.61 Å². The molecule has 0 spiro atoms. The number of esters is 1. The smallest absolute Gasteiger partial charge is 0.338 e. The summed E-state index contributed by atoms with van der Waals surface area (Å²) in [5.74, 6) is 0.864. The minimum absolute atomic E-state index is 0.281. The summed E-state index contributed by atoms with van der Waals surface area (Å²) in [4.78, 5) is 11.8. The van der Waals surface area contributed by atoms with Crippen LogP contribution >= 0.6 is 39.1 Å². The largest absolute Gasteiger partial charge is 0.493 e. The molecule has 32 heavy (non-hydrogen) atoms. The number of rotatable bonds is 9. The highest BCUT2D eigenvalue weighted by Gasteiger charge is 2.12. The summed E-state index contributed by atoms with van der Waals surface area (Å²) in [6, 6.07) is 16.2. The fourth-order valence-electron chi connectivity index (χ4n) is 2.92. The molecule has 0 bridgehead atoms. The predicted molar refractivity (Wildman–Crippen MR) is 131 cm³/mol. The lowest BCUT2D eigenvalue weighted by atomic mass is 10.1. The minimum Gasteiger partial charge on any atom is -0.493 e. The van der Waals surface area contributed by atoms with Gasteiger partial charge >= 0.3 is 5.97 Å². The van der Waals surface area contributed by atoms with Crippen LogP contribution in [0.1, 0.15) is 28.4 Å². The maximum absolute atomic E-state index is 11.8. The molecular weight excluding hydrogens is 517 g/mol. The van der Waals surface area contributed by atoms with E-state index < -0.39 is 0 Å². The third kappa shape index (κ3) is 6.31. The van der Waals surface area contributed by atoms with Gasteiger partial charge in [-0.25, -0.2) is 4.79 Å². The molecule has 0 aromatic heterocycles. The van der Waals surface area contributed by atoms with Gasteiger partial charge in [-0.3, -0.25) is 0 Å². The zero-order chi connectivity index (χ0) is 23.1. The van der Waals surface area contributed by atoms with Crippen LogP contribution in [0.3, 0.4) is 0 Å². The van der Waals surface area contributed by atoms with Gasteiger partial charge in [0.2, 0.25) is 0 Å². The van der Waals surface area contributed by atoms with Crippen LogP contribution in [0.5, 0.6) is 11.5 Å². The highest BCUT2D eigenvalue weighted by molar-refractivity contribution is 9.10. The van der Waals surface area contributed by atoms with Gasteiger partial charge in [-0.15, -0.1) is 0 Å². The van der Waals surface area contributed by atoms with Gasteiger partial charge in [0.25, 0.3) is 0 Å². The summed E-state index contributed by atoms with van der Waals surface area (Å²) >= 11 is 15.8. The van der Waals surface area contributed by atoms with Crippen LogP contribution in [0.15, 0.2) is 59.1 Å². The number of methoxy groups -OCH3 is 1. The van der Waals surface area contributed by atoms with Crippen molar-refractivity contribution in [2.24, 2.45) is 0 Å². The Bertz CT molecular complexity index is 1090. The van der Waals surface area contributed by atoms with Gasteiger partial charge < -0.3 is 19.5 Å². The minimum atomic E-state index is -0.331. The number of halogens is 3. The number of carbonyl (C=O) groups excluding carboxylic acids is 1. The summed E-state index contributed by atoms with van der Waals surface area (Å²) in [5.41, 5.74) is 3.20. The second kappa shape index (κ2) is 11.5. The van der Waals surface area contributed by atoms with Gasteiger partial charge in [-0.2, -0.15) is 0 Å². The number of nitrogens with one attached hydrogen (secondary N) is 1. The molecular formula is C24H22BrCl2NO4. The molecule has 3 aromatic carbocycles. The van der Waals surface area contributed by atoms with E-state index in [1.165, 1.54) is 0 Å². The third-order valence-corrected chi connectivity index (χ3v) is 5.94. The molecule has 168 valence electrons. The van der Waals surface area contributed by atoms with Crippen molar-refractivity contribution in [3.05, 3.63) is 85.8 Å². The summed E-state index contributed by atoms with van der Waals surface area (Å²) < 4.78 is 17.3. The van der Waals surface area contributed by atoms with Gasteiger partial charge in [-0.05, 0) is 61.0 Å². The zero-order valence-corrected chi connectivity index (χ0v) is 20.7. The van der Waals surface area contributed by atoms with Gasteiger partial charge in [0, 0.05) is 32.3 Å². The Morgan fingerprint density at radius 3 is 2.41 bits per heavy atom. The Morgan fingerprint density at radius 2 is 1.75 bits per heavy atom. The van der Waals surface area contributed by atoms with Crippen molar-refractivity contribution in [3.8, 4) is 11.5 Å². The van der Waals surface area contributed by atoms with Crippen LogP contribution in [-0.4, -0.2) is 19.7 Å². The van der Waals surface area contributed by atoms with Crippen LogP contribution in [0.25, 0.3) is 0 Å². The van der Waals surface area contributed by atoms with Crippen molar-refractivity contribution in [2.75, 3.05) is 19.0 Å². The first kappa shape index (κ1) is 24.2. The topological polar surface area (TPSA) is 56.8 Å². The Hall–Kier alpha value is -2.41. The van der Waals surface area contributed by atoms with Crippen molar-refractivity contribution in [1.82, 2.24) is 0 Å². The summed E-state index contributed by atoms with van der Waals surface area (Å²) in [6.45, 7) is 2.95. The van der Waals surface area contributed by atoms with E-state index in [2.05, 4.69) is 21.2 Å². The number of ether oxygens (including phenoxy) is 3. The summed E-state index contributed by atoms with van der Waals surface area (Å²) in [6.07, 6.45) is 0. The number of hydrogen-bond acceptors (Lipinski definition) is 5. The highest BCUT2D eigenvalue weighted by atomic mass is 79.9. The van der Waals surface area contributed by atoms with Crippen molar-refractivity contribution in [3.63, 3.8) is 0 Å². The monoisotopic (exact) mass is 537 g/mol. The molecule has 0 saturated carbocycles. The quantitative estimate of drug-likeness (QED) is 0.293. The third-order valence-electron chi connectivity index (χ3n) is 4.61. The van der Waals surface area contributed by atoms with Crippen molar-refractivity contribution >= 4 is 50.8 Å². The lowest BCUT2D eigenvalue weighted by molar-refractivity contribution is 0.0526. The molecule has 0 saturated heterocycles. The molecule has 0 aliphatic rings. The molecule has 0 atom stereocenters. The standard InChI is InChI=1S/C24H22BrCl2NO4/c1-3-31-24(29)15-5-8-19(9-6-15)28-13-17-10-22(30-2)23(12-20(17)25)32-14-16-4-7-18(26)11-21(16)27/h4-12,28H,3,13-14H2,1-2H3. The van der Waals surface area contributed by atoms with Crippen LogP contribution < -0.4 is 14.8 Å². The van der Waals surface area contributed by atoms with Crippen LogP contribution in [0.4, 0.5) is 5.69 Å². The zero-order valence-electron chi connectivity index (χ0n) is 17.6. The van der Waals surface area contributed by atoms with Crippen molar-refractivity contribution < 1.29 is 19.0 Å². The van der Waals surface area contributed by atoms with Crippen LogP contribution in [0, 0.1) is 0 Å². The number of anilines is 1. The van der Waals surface area contributed by atoms with Crippen molar-refractivity contribution in [2.45, 2.75) is 20.1 Å².